The molecule has 1 aromatic rings. The summed E-state index contributed by atoms with van der Waals surface area (Å²) in [5, 5.41) is 1.87. The van der Waals surface area contributed by atoms with Crippen LogP contribution < -0.4 is 0 Å². The van der Waals surface area contributed by atoms with Crippen LogP contribution in [0.4, 0.5) is 0 Å². The molecule has 1 aromatic heterocycles. The highest BCUT2D eigenvalue weighted by atomic mass is 79.9. The van der Waals surface area contributed by atoms with Gasteiger partial charge in [-0.15, -0.1) is 11.3 Å². The number of ether oxygens (including phenoxy) is 1. The molecule has 0 radical (unpaired) electrons. The van der Waals surface area contributed by atoms with Crippen LogP contribution in [0.15, 0.2) is 9.85 Å². The van der Waals surface area contributed by atoms with Crippen molar-refractivity contribution in [1.82, 2.24) is 0 Å². The van der Waals surface area contributed by atoms with Crippen molar-refractivity contribution in [3.63, 3.8) is 0 Å². The second-order valence-corrected chi connectivity index (χ2v) is 4.41. The molecule has 0 fully saturated rings. The third-order valence-electron chi connectivity index (χ3n) is 1.68. The van der Waals surface area contributed by atoms with E-state index in [0.717, 1.165) is 10.0 Å². The predicted molar refractivity (Wildman–Crippen MR) is 57.7 cm³/mol. The molecule has 1 rings (SSSR count). The molecule has 1 heterocycles. The smallest absolute Gasteiger partial charge is 0.313 e. The molecular weight excluding hydrogens is 268 g/mol. The number of carbonyl (C=O) groups is 2. The number of esters is 1. The van der Waals surface area contributed by atoms with Crippen LogP contribution in [0.5, 0.6) is 0 Å². The van der Waals surface area contributed by atoms with E-state index >= 15 is 0 Å². The Hall–Kier alpha value is -0.680. The standard InChI is InChI=1S/C9H9BrO3S/c1-5-4-14-9(8(5)10)6(11)3-7(12)13-2/h4H,3H2,1-2H3. The number of aryl methyl sites for hydroxylation is 1. The van der Waals surface area contributed by atoms with Gasteiger partial charge in [-0.1, -0.05) is 0 Å². The highest BCUT2D eigenvalue weighted by Crippen LogP contribution is 2.28. The molecule has 0 aromatic carbocycles. The maximum absolute atomic E-state index is 11.5. The molecule has 0 atom stereocenters. The number of thiophene rings is 1. The molecule has 14 heavy (non-hydrogen) atoms. The summed E-state index contributed by atoms with van der Waals surface area (Å²) in [5.74, 6) is -0.713. The first-order chi connectivity index (χ1) is 6.56. The lowest BCUT2D eigenvalue weighted by Gasteiger charge is -1.97. The fraction of sp³-hybridized carbons (Fsp3) is 0.333. The van der Waals surface area contributed by atoms with Crippen LogP contribution in [-0.4, -0.2) is 18.9 Å². The maximum atomic E-state index is 11.5. The summed E-state index contributed by atoms with van der Waals surface area (Å²) in [4.78, 5) is 23.0. The Morgan fingerprint density at radius 3 is 2.64 bits per heavy atom. The Morgan fingerprint density at radius 2 is 2.21 bits per heavy atom. The fourth-order valence-electron chi connectivity index (χ4n) is 0.902. The quantitative estimate of drug-likeness (QED) is 0.484. The second-order valence-electron chi connectivity index (χ2n) is 2.74. The Kier molecular flexibility index (Phi) is 3.83. The molecule has 0 bridgehead atoms. The zero-order valence-electron chi connectivity index (χ0n) is 7.80. The maximum Gasteiger partial charge on any atom is 0.313 e. The molecule has 0 aliphatic heterocycles. The molecule has 0 saturated heterocycles. The van der Waals surface area contributed by atoms with E-state index in [4.69, 9.17) is 0 Å². The molecule has 0 N–H and O–H groups in total. The van der Waals surface area contributed by atoms with E-state index in [-0.39, 0.29) is 12.2 Å². The minimum absolute atomic E-state index is 0.199. The van der Waals surface area contributed by atoms with E-state index in [1.54, 1.807) is 0 Å². The summed E-state index contributed by atoms with van der Waals surface area (Å²) < 4.78 is 5.19. The molecule has 0 unspecified atom stereocenters. The van der Waals surface area contributed by atoms with Gasteiger partial charge in [0, 0.05) is 4.47 Å². The second kappa shape index (κ2) is 4.70. The van der Waals surface area contributed by atoms with Gasteiger partial charge in [0.25, 0.3) is 0 Å². The van der Waals surface area contributed by atoms with Crippen LogP contribution in [0.3, 0.4) is 0 Å². The molecule has 0 spiro atoms. The van der Waals surface area contributed by atoms with Crippen molar-refractivity contribution in [3.8, 4) is 0 Å². The van der Waals surface area contributed by atoms with E-state index in [9.17, 15) is 9.59 Å². The third-order valence-corrected chi connectivity index (χ3v) is 4.11. The lowest BCUT2D eigenvalue weighted by Crippen LogP contribution is -2.08. The van der Waals surface area contributed by atoms with Gasteiger partial charge >= 0.3 is 5.97 Å². The fourth-order valence-corrected chi connectivity index (χ4v) is 2.55. The molecule has 0 amide bonds. The van der Waals surface area contributed by atoms with E-state index in [1.807, 2.05) is 12.3 Å². The number of hydrogen-bond acceptors (Lipinski definition) is 4. The highest BCUT2D eigenvalue weighted by molar-refractivity contribution is 9.10. The number of hydrogen-bond donors (Lipinski definition) is 0. The van der Waals surface area contributed by atoms with Crippen molar-refractivity contribution in [1.29, 1.82) is 0 Å². The summed E-state index contributed by atoms with van der Waals surface area (Å²) >= 11 is 4.63. The average molecular weight is 277 g/mol. The lowest BCUT2D eigenvalue weighted by molar-refractivity contribution is -0.139. The third kappa shape index (κ3) is 2.42. The van der Waals surface area contributed by atoms with Crippen molar-refractivity contribution in [2.75, 3.05) is 7.11 Å². The number of ketones is 1. The van der Waals surface area contributed by atoms with Gasteiger partial charge in [0.1, 0.15) is 6.42 Å². The van der Waals surface area contributed by atoms with Gasteiger partial charge in [-0.25, -0.2) is 0 Å². The van der Waals surface area contributed by atoms with Gasteiger partial charge < -0.3 is 4.74 Å². The van der Waals surface area contributed by atoms with Gasteiger partial charge in [0.05, 0.1) is 12.0 Å². The van der Waals surface area contributed by atoms with E-state index in [2.05, 4.69) is 20.7 Å². The Labute approximate surface area is 94.2 Å². The summed E-state index contributed by atoms with van der Waals surface area (Å²) in [7, 11) is 1.27. The minimum Gasteiger partial charge on any atom is -0.469 e. The van der Waals surface area contributed by atoms with Crippen molar-refractivity contribution >= 4 is 39.0 Å². The Balaban J connectivity index is 2.80. The van der Waals surface area contributed by atoms with Crippen LogP contribution in [-0.2, 0) is 9.53 Å². The average Bonchev–Trinajstić information content (AvgIpc) is 2.47. The van der Waals surface area contributed by atoms with Crippen molar-refractivity contribution in [2.24, 2.45) is 0 Å². The molecule has 5 heteroatoms. The molecular formula is C9H9BrO3S. The first kappa shape index (κ1) is 11.4. The summed E-state index contributed by atoms with van der Waals surface area (Å²) in [6, 6.07) is 0. The minimum atomic E-state index is -0.507. The van der Waals surface area contributed by atoms with Crippen LogP contribution in [0.2, 0.25) is 0 Å². The number of carbonyl (C=O) groups excluding carboxylic acids is 2. The lowest BCUT2D eigenvalue weighted by atomic mass is 10.2. The number of halogens is 1. The number of Topliss-reactive ketones (excluding diaryl/α,β-unsaturated/α-hetero) is 1. The zero-order valence-corrected chi connectivity index (χ0v) is 10.2. The van der Waals surface area contributed by atoms with Crippen LogP contribution in [0.1, 0.15) is 21.7 Å². The summed E-state index contributed by atoms with van der Waals surface area (Å²) in [5.41, 5.74) is 1.00. The van der Waals surface area contributed by atoms with Gasteiger partial charge in [-0.2, -0.15) is 0 Å². The molecule has 0 aliphatic rings. The molecule has 76 valence electrons. The topological polar surface area (TPSA) is 43.4 Å². The van der Waals surface area contributed by atoms with Gasteiger partial charge in [-0.05, 0) is 33.8 Å². The Bertz CT molecular complexity index is 370. The summed E-state index contributed by atoms with van der Waals surface area (Å²) in [6.07, 6.45) is -0.199. The van der Waals surface area contributed by atoms with E-state index < -0.39 is 5.97 Å². The van der Waals surface area contributed by atoms with Gasteiger partial charge in [0.2, 0.25) is 0 Å². The van der Waals surface area contributed by atoms with Gasteiger partial charge in [-0.3, -0.25) is 9.59 Å². The SMILES string of the molecule is COC(=O)CC(=O)c1scc(C)c1Br. The van der Waals surface area contributed by atoms with Crippen molar-refractivity contribution in [2.45, 2.75) is 13.3 Å². The molecule has 0 saturated carbocycles. The van der Waals surface area contributed by atoms with Crippen molar-refractivity contribution < 1.29 is 14.3 Å². The highest BCUT2D eigenvalue weighted by Gasteiger charge is 2.17. The largest absolute Gasteiger partial charge is 0.469 e. The van der Waals surface area contributed by atoms with Crippen molar-refractivity contribution in [3.05, 3.63) is 20.3 Å². The molecule has 3 nitrogen and oxygen atoms in total. The molecule has 0 aliphatic carbocycles. The Morgan fingerprint density at radius 1 is 1.57 bits per heavy atom. The van der Waals surface area contributed by atoms with E-state index in [0.29, 0.717) is 4.88 Å². The first-order valence-electron chi connectivity index (χ1n) is 3.90. The normalized spacial score (nSPS) is 9.93. The predicted octanol–water partition coefficient (Wildman–Crippen LogP) is 2.56. The first-order valence-corrected chi connectivity index (χ1v) is 5.57. The number of methoxy groups -OCH3 is 1. The monoisotopic (exact) mass is 276 g/mol. The van der Waals surface area contributed by atoms with Crippen LogP contribution >= 0.6 is 27.3 Å². The zero-order chi connectivity index (χ0) is 10.7. The van der Waals surface area contributed by atoms with E-state index in [1.165, 1.54) is 18.4 Å². The summed E-state index contributed by atoms with van der Waals surface area (Å²) in [6.45, 7) is 1.90. The van der Waals surface area contributed by atoms with Crippen LogP contribution in [0, 0.1) is 6.92 Å². The van der Waals surface area contributed by atoms with Gasteiger partial charge in [0.15, 0.2) is 5.78 Å². The van der Waals surface area contributed by atoms with Crippen LogP contribution in [0.25, 0.3) is 0 Å². The number of rotatable bonds is 3.